The van der Waals surface area contributed by atoms with Gasteiger partial charge in [0.1, 0.15) is 11.5 Å². The molecular weight excluding hydrogens is 474 g/mol. The molecule has 6 heteroatoms. The Balaban J connectivity index is 1.72. The first-order valence-electron chi connectivity index (χ1n) is 13.2. The van der Waals surface area contributed by atoms with E-state index in [1.54, 1.807) is 48.4 Å². The van der Waals surface area contributed by atoms with Crippen LogP contribution in [-0.2, 0) is 9.59 Å². The molecule has 0 spiro atoms. The van der Waals surface area contributed by atoms with E-state index in [1.165, 1.54) is 44.9 Å². The summed E-state index contributed by atoms with van der Waals surface area (Å²) in [6, 6.07) is 13.2. The zero-order chi connectivity index (χ0) is 25.9. The van der Waals surface area contributed by atoms with Gasteiger partial charge in [-0.3, -0.25) is 9.59 Å². The Labute approximate surface area is 220 Å². The van der Waals surface area contributed by atoms with Gasteiger partial charge in [0, 0.05) is 17.1 Å². The van der Waals surface area contributed by atoms with Crippen molar-refractivity contribution in [3.63, 3.8) is 0 Å². The standard InChI is InChI=1S/C30H38ClNO4/c1-3-4-5-6-7-8-9-10-11-12-21-32-27(22-13-17-24(31)18-14-22)26(29(34)30(32)35)28(33)23-15-19-25(36-2)20-16-23/h13-20,27,33H,3-12,21H2,1-2H3/t27-/m0/s1. The lowest BCUT2D eigenvalue weighted by atomic mass is 9.95. The Morgan fingerprint density at radius 2 is 1.42 bits per heavy atom. The third kappa shape index (κ3) is 7.13. The van der Waals surface area contributed by atoms with E-state index in [0.29, 0.717) is 22.9 Å². The minimum absolute atomic E-state index is 0.111. The van der Waals surface area contributed by atoms with Crippen LogP contribution in [0.1, 0.15) is 88.3 Å². The highest BCUT2D eigenvalue weighted by Gasteiger charge is 2.45. The molecule has 5 nitrogen and oxygen atoms in total. The number of hydrogen-bond donors (Lipinski definition) is 1. The van der Waals surface area contributed by atoms with E-state index in [1.807, 2.05) is 12.1 Å². The number of carbonyl (C=O) groups is 2. The van der Waals surface area contributed by atoms with Crippen molar-refractivity contribution in [1.82, 2.24) is 4.90 Å². The molecule has 1 aliphatic heterocycles. The molecule has 194 valence electrons. The average molecular weight is 512 g/mol. The molecule has 1 aliphatic rings. The van der Waals surface area contributed by atoms with E-state index in [2.05, 4.69) is 6.92 Å². The molecule has 36 heavy (non-hydrogen) atoms. The van der Waals surface area contributed by atoms with Crippen LogP contribution in [0.25, 0.3) is 5.76 Å². The number of likely N-dealkylation sites (tertiary alicyclic amines) is 1. The lowest BCUT2D eigenvalue weighted by Crippen LogP contribution is -2.30. The number of benzene rings is 2. The van der Waals surface area contributed by atoms with Gasteiger partial charge in [-0.2, -0.15) is 0 Å². The van der Waals surface area contributed by atoms with Gasteiger partial charge in [-0.25, -0.2) is 0 Å². The first kappa shape index (κ1) is 27.8. The van der Waals surface area contributed by atoms with Gasteiger partial charge >= 0.3 is 0 Å². The minimum Gasteiger partial charge on any atom is -0.507 e. The monoisotopic (exact) mass is 511 g/mol. The molecule has 1 saturated heterocycles. The number of carbonyl (C=O) groups excluding carboxylic acids is 2. The second-order valence-corrected chi connectivity index (χ2v) is 9.89. The number of amides is 1. The van der Waals surface area contributed by atoms with E-state index < -0.39 is 17.7 Å². The topological polar surface area (TPSA) is 66.8 Å². The van der Waals surface area contributed by atoms with Gasteiger partial charge in [0.05, 0.1) is 18.7 Å². The normalized spacial score (nSPS) is 17.1. The smallest absolute Gasteiger partial charge is 0.295 e. The van der Waals surface area contributed by atoms with Gasteiger partial charge in [-0.15, -0.1) is 0 Å². The number of methoxy groups -OCH3 is 1. The summed E-state index contributed by atoms with van der Waals surface area (Å²) >= 11 is 6.09. The summed E-state index contributed by atoms with van der Waals surface area (Å²) in [7, 11) is 1.56. The number of ether oxygens (including phenoxy) is 1. The Bertz CT molecular complexity index is 1030. The summed E-state index contributed by atoms with van der Waals surface area (Å²) in [5, 5.41) is 11.7. The summed E-state index contributed by atoms with van der Waals surface area (Å²) in [6.07, 6.45) is 11.9. The highest BCUT2D eigenvalue weighted by molar-refractivity contribution is 6.46. The van der Waals surface area contributed by atoms with E-state index in [9.17, 15) is 14.7 Å². The summed E-state index contributed by atoms with van der Waals surface area (Å²) in [5.74, 6) is -0.764. The second kappa shape index (κ2) is 14.1. The van der Waals surface area contributed by atoms with Crippen molar-refractivity contribution < 1.29 is 19.4 Å². The zero-order valence-corrected chi connectivity index (χ0v) is 22.2. The highest BCUT2D eigenvalue weighted by Crippen LogP contribution is 2.40. The van der Waals surface area contributed by atoms with E-state index >= 15 is 0 Å². The molecule has 2 aromatic rings. The number of ketones is 1. The van der Waals surface area contributed by atoms with Crippen LogP contribution < -0.4 is 4.74 Å². The molecule has 0 aromatic heterocycles. The molecule has 0 saturated carbocycles. The van der Waals surface area contributed by atoms with Crippen molar-refractivity contribution in [2.45, 2.75) is 77.2 Å². The predicted octanol–water partition coefficient (Wildman–Crippen LogP) is 7.69. The van der Waals surface area contributed by atoms with Gasteiger partial charge in [0.15, 0.2) is 0 Å². The van der Waals surface area contributed by atoms with Crippen LogP contribution in [0.2, 0.25) is 5.02 Å². The van der Waals surface area contributed by atoms with Crippen molar-refractivity contribution in [2.75, 3.05) is 13.7 Å². The van der Waals surface area contributed by atoms with Crippen LogP contribution >= 0.6 is 11.6 Å². The van der Waals surface area contributed by atoms with E-state index in [-0.39, 0.29) is 11.3 Å². The Kier molecular flexibility index (Phi) is 10.9. The average Bonchev–Trinajstić information content (AvgIpc) is 3.14. The van der Waals surface area contributed by atoms with Crippen molar-refractivity contribution in [3.05, 3.63) is 70.3 Å². The SMILES string of the molecule is CCCCCCCCCCCCN1C(=O)C(=O)C(=C(O)c2ccc(OC)cc2)[C@@H]1c1ccc(Cl)cc1. The number of rotatable bonds is 14. The lowest BCUT2D eigenvalue weighted by molar-refractivity contribution is -0.139. The molecule has 0 bridgehead atoms. The summed E-state index contributed by atoms with van der Waals surface area (Å²) in [5.41, 5.74) is 1.33. The van der Waals surface area contributed by atoms with Gasteiger partial charge in [-0.05, 0) is 48.4 Å². The van der Waals surface area contributed by atoms with Crippen molar-refractivity contribution >= 4 is 29.1 Å². The number of nitrogens with zero attached hydrogens (tertiary/aromatic N) is 1. The summed E-state index contributed by atoms with van der Waals surface area (Å²) < 4.78 is 5.19. The summed E-state index contributed by atoms with van der Waals surface area (Å²) in [4.78, 5) is 27.8. The maximum absolute atomic E-state index is 13.1. The number of halogens is 1. The Morgan fingerprint density at radius 3 is 1.97 bits per heavy atom. The zero-order valence-electron chi connectivity index (χ0n) is 21.5. The molecule has 2 aromatic carbocycles. The molecule has 1 N–H and O–H groups in total. The number of aliphatic hydroxyl groups excluding tert-OH is 1. The van der Waals surface area contributed by atoms with Crippen LogP contribution in [0.15, 0.2) is 54.1 Å². The quantitative estimate of drug-likeness (QED) is 0.122. The first-order chi connectivity index (χ1) is 17.5. The summed E-state index contributed by atoms with van der Waals surface area (Å²) in [6.45, 7) is 2.70. The van der Waals surface area contributed by atoms with E-state index in [0.717, 1.165) is 24.8 Å². The highest BCUT2D eigenvalue weighted by atomic mass is 35.5. The van der Waals surface area contributed by atoms with E-state index in [4.69, 9.17) is 16.3 Å². The van der Waals surface area contributed by atoms with Gasteiger partial charge < -0.3 is 14.7 Å². The van der Waals surface area contributed by atoms with Gasteiger partial charge in [0.25, 0.3) is 11.7 Å². The second-order valence-electron chi connectivity index (χ2n) is 9.45. The van der Waals surface area contributed by atoms with Crippen molar-refractivity contribution in [1.29, 1.82) is 0 Å². The van der Waals surface area contributed by atoms with Gasteiger partial charge in [0.2, 0.25) is 0 Å². The predicted molar refractivity (Wildman–Crippen MR) is 145 cm³/mol. The molecule has 1 atom stereocenters. The first-order valence-corrected chi connectivity index (χ1v) is 13.5. The maximum Gasteiger partial charge on any atom is 0.295 e. The van der Waals surface area contributed by atoms with Crippen molar-refractivity contribution in [2.24, 2.45) is 0 Å². The molecule has 0 unspecified atom stereocenters. The number of Topliss-reactive ketones (excluding diaryl/α,β-unsaturated/α-hetero) is 1. The maximum atomic E-state index is 13.1. The molecular formula is C30H38ClNO4. The number of hydrogen-bond acceptors (Lipinski definition) is 4. The van der Waals surface area contributed by atoms with Crippen LogP contribution in [0.3, 0.4) is 0 Å². The largest absolute Gasteiger partial charge is 0.507 e. The fourth-order valence-electron chi connectivity index (χ4n) is 4.78. The van der Waals surface area contributed by atoms with Gasteiger partial charge in [-0.1, -0.05) is 88.4 Å². The lowest BCUT2D eigenvalue weighted by Gasteiger charge is -2.25. The fourth-order valence-corrected chi connectivity index (χ4v) is 4.90. The van der Waals surface area contributed by atoms with Crippen LogP contribution in [0.4, 0.5) is 0 Å². The number of unbranched alkanes of at least 4 members (excludes halogenated alkanes) is 9. The van der Waals surface area contributed by atoms with Crippen molar-refractivity contribution in [3.8, 4) is 5.75 Å². The number of aliphatic hydroxyl groups is 1. The molecule has 1 amide bonds. The van der Waals surface area contributed by atoms with Crippen LogP contribution in [-0.4, -0.2) is 35.4 Å². The fraction of sp³-hybridized carbons (Fsp3) is 0.467. The Morgan fingerprint density at radius 1 is 0.861 bits per heavy atom. The molecule has 1 fully saturated rings. The van der Waals surface area contributed by atoms with Crippen LogP contribution in [0, 0.1) is 0 Å². The molecule has 0 radical (unpaired) electrons. The minimum atomic E-state index is -0.657. The third-order valence-corrected chi connectivity index (χ3v) is 7.09. The van der Waals surface area contributed by atoms with Crippen LogP contribution in [0.5, 0.6) is 5.75 Å². The Hall–Kier alpha value is -2.79. The third-order valence-electron chi connectivity index (χ3n) is 6.84. The molecule has 1 heterocycles. The molecule has 0 aliphatic carbocycles. The molecule has 3 rings (SSSR count).